The second-order valence-corrected chi connectivity index (χ2v) is 7.98. The maximum atomic E-state index is 11.4. The summed E-state index contributed by atoms with van der Waals surface area (Å²) in [6.07, 6.45) is 1.70. The third-order valence-electron chi connectivity index (χ3n) is 4.94. The number of nitriles is 1. The number of hydrogen-bond donors (Lipinski definition) is 0. The van der Waals surface area contributed by atoms with Gasteiger partial charge in [0.2, 0.25) is 5.75 Å². The van der Waals surface area contributed by atoms with Crippen LogP contribution in [0.5, 0.6) is 17.2 Å². The lowest BCUT2D eigenvalue weighted by molar-refractivity contribution is -0.132. The number of carbonyl (C=O) groups is 1. The van der Waals surface area contributed by atoms with Gasteiger partial charge < -0.3 is 14.2 Å². The highest BCUT2D eigenvalue weighted by Gasteiger charge is 2.17. The van der Waals surface area contributed by atoms with Gasteiger partial charge in [0.15, 0.2) is 11.5 Å². The molecule has 0 fully saturated rings. The predicted molar refractivity (Wildman–Crippen MR) is 129 cm³/mol. The van der Waals surface area contributed by atoms with Gasteiger partial charge in [0.25, 0.3) is 0 Å². The normalized spacial score (nSPS) is 11.2. The van der Waals surface area contributed by atoms with Gasteiger partial charge in [-0.05, 0) is 40.6 Å². The third kappa shape index (κ3) is 4.71. The van der Waals surface area contributed by atoms with E-state index >= 15 is 0 Å². The Morgan fingerprint density at radius 3 is 2.36 bits per heavy atom. The number of fused-ring (bicyclic) bond motifs is 1. The van der Waals surface area contributed by atoms with Gasteiger partial charge >= 0.3 is 5.97 Å². The zero-order chi connectivity index (χ0) is 23.4. The Morgan fingerprint density at radius 1 is 1.03 bits per heavy atom. The Kier molecular flexibility index (Phi) is 6.38. The molecule has 1 aromatic heterocycles. The van der Waals surface area contributed by atoms with Gasteiger partial charge in [-0.15, -0.1) is 11.3 Å². The summed E-state index contributed by atoms with van der Waals surface area (Å²) in [4.78, 5) is 16.1. The van der Waals surface area contributed by atoms with Crippen LogP contribution in [0.25, 0.3) is 33.7 Å². The predicted octanol–water partition coefficient (Wildman–Crippen LogP) is 5.97. The fraction of sp³-hybridized carbons (Fsp3) is 0.115. The molecule has 4 rings (SSSR count). The summed E-state index contributed by atoms with van der Waals surface area (Å²) in [5.74, 6) is 0.348. The van der Waals surface area contributed by atoms with Crippen molar-refractivity contribution in [2.24, 2.45) is 0 Å². The first-order valence-corrected chi connectivity index (χ1v) is 10.9. The molecule has 0 amide bonds. The van der Waals surface area contributed by atoms with Crippen LogP contribution in [-0.4, -0.2) is 25.2 Å². The molecule has 0 unspecified atom stereocenters. The molecule has 1 heterocycles. The van der Waals surface area contributed by atoms with Crippen molar-refractivity contribution in [3.63, 3.8) is 0 Å². The maximum Gasteiger partial charge on any atom is 0.308 e. The summed E-state index contributed by atoms with van der Waals surface area (Å²) in [7, 11) is 2.94. The van der Waals surface area contributed by atoms with Crippen LogP contribution in [0.15, 0.2) is 60.0 Å². The second kappa shape index (κ2) is 9.55. The zero-order valence-electron chi connectivity index (χ0n) is 18.3. The fourth-order valence-electron chi connectivity index (χ4n) is 3.42. The van der Waals surface area contributed by atoms with Crippen LogP contribution in [0, 0.1) is 11.3 Å². The van der Waals surface area contributed by atoms with E-state index < -0.39 is 5.97 Å². The third-order valence-corrected chi connectivity index (χ3v) is 5.82. The minimum atomic E-state index is -0.489. The van der Waals surface area contributed by atoms with Crippen LogP contribution in [0.3, 0.4) is 0 Å². The lowest BCUT2D eigenvalue weighted by Crippen LogP contribution is -2.05. The lowest BCUT2D eigenvalue weighted by atomic mass is 10.1. The molecule has 7 heteroatoms. The van der Waals surface area contributed by atoms with Crippen molar-refractivity contribution in [1.82, 2.24) is 4.98 Å². The number of allylic oxidation sites excluding steroid dienone is 1. The topological polar surface area (TPSA) is 81.4 Å². The first-order chi connectivity index (χ1) is 16.0. The van der Waals surface area contributed by atoms with Gasteiger partial charge in [0, 0.05) is 17.9 Å². The quantitative estimate of drug-likeness (QED) is 0.202. The molecule has 0 aliphatic carbocycles. The number of rotatable bonds is 6. The van der Waals surface area contributed by atoms with Gasteiger partial charge in [-0.2, -0.15) is 5.26 Å². The molecule has 0 aliphatic rings. The maximum absolute atomic E-state index is 11.4. The van der Waals surface area contributed by atoms with E-state index in [1.165, 1.54) is 32.5 Å². The highest BCUT2D eigenvalue weighted by atomic mass is 32.1. The lowest BCUT2D eigenvalue weighted by Gasteiger charge is -2.13. The van der Waals surface area contributed by atoms with E-state index in [0.717, 1.165) is 22.0 Å². The number of nitrogens with zero attached hydrogens (tertiary/aromatic N) is 2. The summed E-state index contributed by atoms with van der Waals surface area (Å²) in [6.45, 7) is 1.30. The monoisotopic (exact) mass is 456 g/mol. The van der Waals surface area contributed by atoms with E-state index in [1.54, 1.807) is 18.2 Å². The SMILES string of the molecule is COc1cc(/C=C(/C#N)c2nc(-c3ccc4ccccc4c3)cs2)cc(OC)c1OC(C)=O. The van der Waals surface area contributed by atoms with E-state index in [0.29, 0.717) is 27.6 Å². The van der Waals surface area contributed by atoms with Gasteiger partial charge in [0.1, 0.15) is 11.1 Å². The molecule has 0 spiro atoms. The average molecular weight is 457 g/mol. The van der Waals surface area contributed by atoms with E-state index in [-0.39, 0.29) is 5.75 Å². The molecule has 0 N–H and O–H groups in total. The number of thiazole rings is 1. The number of methoxy groups -OCH3 is 2. The molecule has 0 saturated heterocycles. The van der Waals surface area contributed by atoms with Crippen LogP contribution in [-0.2, 0) is 4.79 Å². The average Bonchev–Trinajstić information content (AvgIpc) is 3.32. The van der Waals surface area contributed by atoms with Gasteiger partial charge in [-0.25, -0.2) is 4.98 Å². The van der Waals surface area contributed by atoms with Crippen LogP contribution < -0.4 is 14.2 Å². The number of carbonyl (C=O) groups excluding carboxylic acids is 1. The highest BCUT2D eigenvalue weighted by Crippen LogP contribution is 2.40. The number of ether oxygens (including phenoxy) is 3. The van der Waals surface area contributed by atoms with Crippen molar-refractivity contribution < 1.29 is 19.0 Å². The number of aromatic nitrogens is 1. The molecule has 6 nitrogen and oxygen atoms in total. The molecule has 0 saturated carbocycles. The van der Waals surface area contributed by atoms with Crippen molar-refractivity contribution in [2.45, 2.75) is 6.92 Å². The Morgan fingerprint density at radius 2 is 1.73 bits per heavy atom. The standard InChI is InChI=1S/C26H20N2O4S/c1-16(29)32-25-23(30-2)11-17(12-24(25)31-3)10-21(14-27)26-28-22(15-33-26)20-9-8-18-6-4-5-7-19(18)13-20/h4-13,15H,1-3H3/b21-10-. The fourth-order valence-corrected chi connectivity index (χ4v) is 4.21. The van der Waals surface area contributed by atoms with Gasteiger partial charge in [0.05, 0.1) is 25.5 Å². The largest absolute Gasteiger partial charge is 0.493 e. The van der Waals surface area contributed by atoms with E-state index in [9.17, 15) is 10.1 Å². The van der Waals surface area contributed by atoms with Crippen molar-refractivity contribution in [3.05, 3.63) is 70.5 Å². The summed E-state index contributed by atoms with van der Waals surface area (Å²) >= 11 is 1.40. The minimum Gasteiger partial charge on any atom is -0.493 e. The molecule has 4 aromatic rings. The first-order valence-electron chi connectivity index (χ1n) is 10.0. The number of esters is 1. The zero-order valence-corrected chi connectivity index (χ0v) is 19.1. The molecule has 0 radical (unpaired) electrons. The Hall–Kier alpha value is -4.15. The highest BCUT2D eigenvalue weighted by molar-refractivity contribution is 7.11. The van der Waals surface area contributed by atoms with Gasteiger partial charge in [-0.3, -0.25) is 4.79 Å². The van der Waals surface area contributed by atoms with Crippen LogP contribution in [0.1, 0.15) is 17.5 Å². The van der Waals surface area contributed by atoms with Crippen molar-refractivity contribution in [3.8, 4) is 34.6 Å². The molecule has 164 valence electrons. The molecule has 0 aliphatic heterocycles. The summed E-state index contributed by atoms with van der Waals surface area (Å²) in [5.41, 5.74) is 2.85. The van der Waals surface area contributed by atoms with Crippen LogP contribution in [0.2, 0.25) is 0 Å². The Balaban J connectivity index is 1.70. The summed E-state index contributed by atoms with van der Waals surface area (Å²) in [6, 6.07) is 19.9. The Bertz CT molecular complexity index is 1390. The molecule has 33 heavy (non-hydrogen) atoms. The van der Waals surface area contributed by atoms with Crippen LogP contribution >= 0.6 is 11.3 Å². The first kappa shape index (κ1) is 22.1. The van der Waals surface area contributed by atoms with Crippen molar-refractivity contribution in [2.75, 3.05) is 14.2 Å². The van der Waals surface area contributed by atoms with Crippen molar-refractivity contribution >= 4 is 39.7 Å². The minimum absolute atomic E-state index is 0.191. The summed E-state index contributed by atoms with van der Waals surface area (Å²) < 4.78 is 16.0. The van der Waals surface area contributed by atoms with Crippen LogP contribution in [0.4, 0.5) is 0 Å². The second-order valence-electron chi connectivity index (χ2n) is 7.12. The molecule has 3 aromatic carbocycles. The van der Waals surface area contributed by atoms with Crippen molar-refractivity contribution in [1.29, 1.82) is 5.26 Å². The smallest absolute Gasteiger partial charge is 0.308 e. The molecule has 0 atom stereocenters. The van der Waals surface area contributed by atoms with Gasteiger partial charge in [-0.1, -0.05) is 36.4 Å². The number of hydrogen-bond acceptors (Lipinski definition) is 7. The summed E-state index contributed by atoms with van der Waals surface area (Å²) in [5, 5.41) is 14.6. The molecule has 0 bridgehead atoms. The Labute approximate surface area is 195 Å². The molecular formula is C26H20N2O4S. The molecular weight excluding hydrogens is 436 g/mol. The van der Waals surface area contributed by atoms with E-state index in [4.69, 9.17) is 19.2 Å². The number of benzene rings is 3. The van der Waals surface area contributed by atoms with E-state index in [2.05, 4.69) is 30.3 Å². The van der Waals surface area contributed by atoms with E-state index in [1.807, 2.05) is 23.6 Å².